The lowest BCUT2D eigenvalue weighted by Crippen LogP contribution is -2.28. The van der Waals surface area contributed by atoms with Gasteiger partial charge in [-0.25, -0.2) is 0 Å². The van der Waals surface area contributed by atoms with Gasteiger partial charge in [0.1, 0.15) is 6.23 Å². The van der Waals surface area contributed by atoms with E-state index in [-0.39, 0.29) is 13.0 Å². The lowest BCUT2D eigenvalue weighted by molar-refractivity contribution is 0.0107. The fourth-order valence-corrected chi connectivity index (χ4v) is 0.650. The Labute approximate surface area is 65.9 Å². The average Bonchev–Trinajstić information content (AvgIpc) is 1.86. The van der Waals surface area contributed by atoms with Gasteiger partial charge in [-0.2, -0.15) is 0 Å². The Morgan fingerprint density at radius 2 is 2.00 bits per heavy atom. The molecule has 2 unspecified atom stereocenters. The van der Waals surface area contributed by atoms with Crippen molar-refractivity contribution in [1.29, 1.82) is 0 Å². The molecular weight excluding hydrogens is 148 g/mol. The lowest BCUT2D eigenvalue weighted by Gasteiger charge is -2.11. The summed E-state index contributed by atoms with van der Waals surface area (Å²) in [5.74, 6) is 0. The van der Waals surface area contributed by atoms with Gasteiger partial charge in [-0.1, -0.05) is 0 Å². The summed E-state index contributed by atoms with van der Waals surface area (Å²) in [4.78, 5) is 0. The van der Waals surface area contributed by atoms with E-state index in [1.807, 2.05) is 0 Å². The molecule has 5 heteroatoms. The van der Waals surface area contributed by atoms with Crippen LogP contribution in [-0.2, 0) is 4.74 Å². The maximum Gasteiger partial charge on any atom is 0.104 e. The SMILES string of the molecule is NCCOCC(O)CC(N)O. The highest BCUT2D eigenvalue weighted by Crippen LogP contribution is 1.93. The Hall–Kier alpha value is -0.200. The van der Waals surface area contributed by atoms with Crippen LogP contribution in [0.5, 0.6) is 0 Å². The Kier molecular flexibility index (Phi) is 6.39. The van der Waals surface area contributed by atoms with Crippen molar-refractivity contribution in [3.63, 3.8) is 0 Å². The molecule has 0 amide bonds. The minimum absolute atomic E-state index is 0.130. The largest absolute Gasteiger partial charge is 0.391 e. The Morgan fingerprint density at radius 3 is 2.45 bits per heavy atom. The first kappa shape index (κ1) is 10.8. The second kappa shape index (κ2) is 6.51. The van der Waals surface area contributed by atoms with Crippen LogP contribution in [0.1, 0.15) is 6.42 Å². The molecule has 5 nitrogen and oxygen atoms in total. The van der Waals surface area contributed by atoms with E-state index in [4.69, 9.17) is 26.4 Å². The van der Waals surface area contributed by atoms with Crippen molar-refractivity contribution in [2.75, 3.05) is 19.8 Å². The second-order valence-corrected chi connectivity index (χ2v) is 2.32. The molecule has 0 saturated heterocycles. The molecule has 0 heterocycles. The minimum Gasteiger partial charge on any atom is -0.391 e. The van der Waals surface area contributed by atoms with Gasteiger partial charge >= 0.3 is 0 Å². The van der Waals surface area contributed by atoms with E-state index in [9.17, 15) is 0 Å². The van der Waals surface area contributed by atoms with Gasteiger partial charge in [-0.15, -0.1) is 0 Å². The van der Waals surface area contributed by atoms with Crippen molar-refractivity contribution in [2.45, 2.75) is 18.8 Å². The molecule has 0 aliphatic carbocycles. The van der Waals surface area contributed by atoms with Crippen LogP contribution in [0.25, 0.3) is 0 Å². The predicted octanol–water partition coefficient (Wildman–Crippen LogP) is -2.01. The minimum atomic E-state index is -0.980. The van der Waals surface area contributed by atoms with E-state index < -0.39 is 12.3 Å². The van der Waals surface area contributed by atoms with Gasteiger partial charge in [0.15, 0.2) is 0 Å². The van der Waals surface area contributed by atoms with Gasteiger partial charge in [0.05, 0.1) is 19.3 Å². The van der Waals surface area contributed by atoms with E-state index in [1.54, 1.807) is 0 Å². The first-order valence-electron chi connectivity index (χ1n) is 3.56. The van der Waals surface area contributed by atoms with Crippen molar-refractivity contribution < 1.29 is 14.9 Å². The summed E-state index contributed by atoms with van der Waals surface area (Å²) in [6.07, 6.45) is -1.56. The zero-order chi connectivity index (χ0) is 8.69. The van der Waals surface area contributed by atoms with E-state index in [0.29, 0.717) is 13.2 Å². The summed E-state index contributed by atoms with van der Waals surface area (Å²) in [7, 11) is 0. The molecule has 0 spiro atoms. The molecule has 68 valence electrons. The van der Waals surface area contributed by atoms with Crippen molar-refractivity contribution in [1.82, 2.24) is 0 Å². The number of aliphatic hydroxyl groups is 2. The predicted molar refractivity (Wildman–Crippen MR) is 40.7 cm³/mol. The summed E-state index contributed by atoms with van der Waals surface area (Å²) in [6, 6.07) is 0. The molecule has 0 aliphatic heterocycles. The van der Waals surface area contributed by atoms with Crippen molar-refractivity contribution in [2.24, 2.45) is 11.5 Å². The summed E-state index contributed by atoms with van der Waals surface area (Å²) < 4.78 is 4.90. The summed E-state index contributed by atoms with van der Waals surface area (Å²) >= 11 is 0. The third-order valence-electron chi connectivity index (χ3n) is 1.09. The van der Waals surface area contributed by atoms with Crippen LogP contribution in [0.15, 0.2) is 0 Å². The molecule has 0 saturated carbocycles. The van der Waals surface area contributed by atoms with E-state index in [2.05, 4.69) is 0 Å². The number of aliphatic hydroxyl groups excluding tert-OH is 2. The summed E-state index contributed by atoms with van der Waals surface area (Å²) in [6.45, 7) is 1.01. The molecule has 0 bridgehead atoms. The van der Waals surface area contributed by atoms with Crippen LogP contribution < -0.4 is 11.5 Å². The Morgan fingerprint density at radius 1 is 1.36 bits per heavy atom. The first-order chi connectivity index (χ1) is 5.16. The smallest absolute Gasteiger partial charge is 0.104 e. The van der Waals surface area contributed by atoms with E-state index in [0.717, 1.165) is 0 Å². The van der Waals surface area contributed by atoms with Gasteiger partial charge in [0.2, 0.25) is 0 Å². The highest BCUT2D eigenvalue weighted by Gasteiger charge is 2.07. The van der Waals surface area contributed by atoms with Crippen LogP contribution >= 0.6 is 0 Å². The van der Waals surface area contributed by atoms with E-state index in [1.165, 1.54) is 0 Å². The Balaban J connectivity index is 3.15. The molecule has 11 heavy (non-hydrogen) atoms. The zero-order valence-corrected chi connectivity index (χ0v) is 6.44. The highest BCUT2D eigenvalue weighted by atomic mass is 16.5. The number of ether oxygens (including phenoxy) is 1. The maximum atomic E-state index is 9.04. The van der Waals surface area contributed by atoms with Gasteiger partial charge in [-0.3, -0.25) is 0 Å². The number of rotatable bonds is 6. The highest BCUT2D eigenvalue weighted by molar-refractivity contribution is 4.56. The van der Waals surface area contributed by atoms with Gasteiger partial charge < -0.3 is 26.4 Å². The zero-order valence-electron chi connectivity index (χ0n) is 6.44. The first-order valence-corrected chi connectivity index (χ1v) is 3.56. The quantitative estimate of drug-likeness (QED) is 0.268. The number of nitrogens with two attached hydrogens (primary N) is 2. The van der Waals surface area contributed by atoms with Crippen molar-refractivity contribution in [3.8, 4) is 0 Å². The molecule has 6 N–H and O–H groups in total. The summed E-state index contributed by atoms with van der Waals surface area (Å²) in [5.41, 5.74) is 10.1. The lowest BCUT2D eigenvalue weighted by atomic mass is 10.2. The van der Waals surface area contributed by atoms with Gasteiger partial charge in [0.25, 0.3) is 0 Å². The monoisotopic (exact) mass is 164 g/mol. The van der Waals surface area contributed by atoms with Crippen molar-refractivity contribution >= 4 is 0 Å². The molecule has 0 aromatic heterocycles. The standard InChI is InChI=1S/C6H16N2O3/c7-1-2-11-4-5(9)3-6(8)10/h5-6,9-10H,1-4,7-8H2. The third kappa shape index (κ3) is 7.70. The molecule has 0 radical (unpaired) electrons. The number of hydrogen-bond donors (Lipinski definition) is 4. The van der Waals surface area contributed by atoms with Gasteiger partial charge in [0, 0.05) is 13.0 Å². The molecule has 0 aromatic rings. The molecule has 2 atom stereocenters. The molecular formula is C6H16N2O3. The summed E-state index contributed by atoms with van der Waals surface area (Å²) in [5, 5.41) is 17.7. The molecule has 0 aromatic carbocycles. The average molecular weight is 164 g/mol. The molecule has 0 rings (SSSR count). The van der Waals surface area contributed by atoms with Gasteiger partial charge in [-0.05, 0) is 0 Å². The topological polar surface area (TPSA) is 102 Å². The van der Waals surface area contributed by atoms with Crippen LogP contribution in [0.2, 0.25) is 0 Å². The number of hydrogen-bond acceptors (Lipinski definition) is 5. The van der Waals surface area contributed by atoms with E-state index >= 15 is 0 Å². The third-order valence-corrected chi connectivity index (χ3v) is 1.09. The van der Waals surface area contributed by atoms with Crippen LogP contribution in [0.4, 0.5) is 0 Å². The van der Waals surface area contributed by atoms with Crippen molar-refractivity contribution in [3.05, 3.63) is 0 Å². The molecule has 0 fully saturated rings. The van der Waals surface area contributed by atoms with Crippen LogP contribution in [0, 0.1) is 0 Å². The fraction of sp³-hybridized carbons (Fsp3) is 1.00. The van der Waals surface area contributed by atoms with Crippen LogP contribution in [0.3, 0.4) is 0 Å². The Bertz CT molecular complexity index is 89.9. The fourth-order valence-electron chi connectivity index (χ4n) is 0.650. The molecule has 0 aliphatic rings. The van der Waals surface area contributed by atoms with Crippen LogP contribution in [-0.4, -0.2) is 42.3 Å². The second-order valence-electron chi connectivity index (χ2n) is 2.32. The normalized spacial score (nSPS) is 16.4. The maximum absolute atomic E-state index is 9.04.